The molecule has 0 aliphatic carbocycles. The Hall–Kier alpha value is -1.40. The first-order chi connectivity index (χ1) is 11.7. The summed E-state index contributed by atoms with van der Waals surface area (Å²) in [6.45, 7) is 5.49. The van der Waals surface area contributed by atoms with Crippen molar-refractivity contribution < 1.29 is 14.6 Å². The standard InChI is InChI=1S/C19H27NO3S/c1-16-9-10-19(24-16)14-20(11-6-12-22-2)13-17(21)15-23-18-7-4-3-5-8-18/h3-5,7-10,17,21H,6,11-15H2,1-2H3/t17-/m0/s1. The predicted octanol–water partition coefficient (Wildman–Crippen LogP) is 3.33. The lowest BCUT2D eigenvalue weighted by Gasteiger charge is -2.24. The van der Waals surface area contributed by atoms with Crippen LogP contribution in [-0.4, -0.2) is 49.5 Å². The fourth-order valence-electron chi connectivity index (χ4n) is 2.52. The van der Waals surface area contributed by atoms with Gasteiger partial charge in [-0.25, -0.2) is 0 Å². The average molecular weight is 349 g/mol. The van der Waals surface area contributed by atoms with Crippen LogP contribution in [0.5, 0.6) is 5.75 Å². The number of thiophene rings is 1. The maximum Gasteiger partial charge on any atom is 0.119 e. The zero-order valence-electron chi connectivity index (χ0n) is 14.5. The van der Waals surface area contributed by atoms with E-state index in [0.717, 1.165) is 31.9 Å². The lowest BCUT2D eigenvalue weighted by Crippen LogP contribution is -2.36. The fraction of sp³-hybridized carbons (Fsp3) is 0.474. The van der Waals surface area contributed by atoms with Gasteiger partial charge in [-0.2, -0.15) is 0 Å². The van der Waals surface area contributed by atoms with E-state index < -0.39 is 6.10 Å². The fourth-order valence-corrected chi connectivity index (χ4v) is 3.45. The van der Waals surface area contributed by atoms with Gasteiger partial charge in [-0.3, -0.25) is 4.90 Å². The Balaban J connectivity index is 1.83. The molecule has 0 amide bonds. The van der Waals surface area contributed by atoms with Gasteiger partial charge in [0.2, 0.25) is 0 Å². The molecular weight excluding hydrogens is 322 g/mol. The molecule has 2 aromatic rings. The lowest BCUT2D eigenvalue weighted by atomic mass is 10.3. The van der Waals surface area contributed by atoms with Crippen molar-refractivity contribution in [2.24, 2.45) is 0 Å². The van der Waals surface area contributed by atoms with Gasteiger partial charge in [-0.1, -0.05) is 18.2 Å². The van der Waals surface area contributed by atoms with Gasteiger partial charge in [-0.05, 0) is 37.6 Å². The average Bonchev–Trinajstić information content (AvgIpc) is 2.99. The first kappa shape index (κ1) is 18.9. The number of aliphatic hydroxyl groups is 1. The largest absolute Gasteiger partial charge is 0.491 e. The summed E-state index contributed by atoms with van der Waals surface area (Å²) in [5, 5.41) is 10.3. The maximum absolute atomic E-state index is 10.3. The van der Waals surface area contributed by atoms with E-state index in [1.54, 1.807) is 18.4 Å². The molecule has 0 aliphatic rings. The summed E-state index contributed by atoms with van der Waals surface area (Å²) >= 11 is 1.81. The van der Waals surface area contributed by atoms with Crippen molar-refractivity contribution in [3.63, 3.8) is 0 Å². The summed E-state index contributed by atoms with van der Waals surface area (Å²) in [6, 6.07) is 13.9. The lowest BCUT2D eigenvalue weighted by molar-refractivity contribution is 0.0621. The minimum Gasteiger partial charge on any atom is -0.491 e. The van der Waals surface area contributed by atoms with Gasteiger partial charge < -0.3 is 14.6 Å². The van der Waals surface area contributed by atoms with Crippen molar-refractivity contribution in [2.45, 2.75) is 26.0 Å². The van der Waals surface area contributed by atoms with Crippen LogP contribution in [-0.2, 0) is 11.3 Å². The molecule has 0 spiro atoms. The zero-order chi connectivity index (χ0) is 17.2. The smallest absolute Gasteiger partial charge is 0.119 e. The Morgan fingerprint density at radius 3 is 2.62 bits per heavy atom. The molecule has 1 heterocycles. The molecule has 132 valence electrons. The van der Waals surface area contributed by atoms with Crippen LogP contribution < -0.4 is 4.74 Å². The molecular formula is C19H27NO3S. The number of methoxy groups -OCH3 is 1. The van der Waals surface area contributed by atoms with Crippen LogP contribution in [0.4, 0.5) is 0 Å². The zero-order valence-corrected chi connectivity index (χ0v) is 15.3. The number of aliphatic hydroxyl groups excluding tert-OH is 1. The molecule has 24 heavy (non-hydrogen) atoms. The molecule has 4 nitrogen and oxygen atoms in total. The van der Waals surface area contributed by atoms with Crippen molar-refractivity contribution in [1.82, 2.24) is 4.90 Å². The molecule has 1 aromatic carbocycles. The van der Waals surface area contributed by atoms with Crippen molar-refractivity contribution in [3.8, 4) is 5.75 Å². The van der Waals surface area contributed by atoms with E-state index in [1.807, 2.05) is 30.3 Å². The third-order valence-electron chi connectivity index (χ3n) is 3.65. The van der Waals surface area contributed by atoms with Crippen LogP contribution in [0.1, 0.15) is 16.2 Å². The van der Waals surface area contributed by atoms with Crippen LogP contribution in [0.15, 0.2) is 42.5 Å². The number of aryl methyl sites for hydroxylation is 1. The number of hydrogen-bond donors (Lipinski definition) is 1. The van der Waals surface area contributed by atoms with Crippen molar-refractivity contribution in [3.05, 3.63) is 52.2 Å². The minimum atomic E-state index is -0.520. The number of para-hydroxylation sites is 1. The molecule has 0 saturated carbocycles. The van der Waals surface area contributed by atoms with Gasteiger partial charge in [0.25, 0.3) is 0 Å². The number of rotatable bonds is 11. The Labute approximate surface area is 148 Å². The molecule has 0 aliphatic heterocycles. The third-order valence-corrected chi connectivity index (χ3v) is 4.64. The Bertz CT molecular complexity index is 573. The van der Waals surface area contributed by atoms with Crippen LogP contribution in [0.25, 0.3) is 0 Å². The van der Waals surface area contributed by atoms with Gasteiger partial charge in [0.15, 0.2) is 0 Å². The van der Waals surface area contributed by atoms with Crippen LogP contribution in [0.3, 0.4) is 0 Å². The summed E-state index contributed by atoms with van der Waals surface area (Å²) in [5.41, 5.74) is 0. The second kappa shape index (κ2) is 10.5. The topological polar surface area (TPSA) is 41.9 Å². The molecule has 1 atom stereocenters. The summed E-state index contributed by atoms with van der Waals surface area (Å²) in [5.74, 6) is 0.788. The Morgan fingerprint density at radius 1 is 1.17 bits per heavy atom. The minimum absolute atomic E-state index is 0.300. The molecule has 2 rings (SSSR count). The van der Waals surface area contributed by atoms with Crippen molar-refractivity contribution in [2.75, 3.05) is 33.4 Å². The van der Waals surface area contributed by atoms with Crippen LogP contribution in [0.2, 0.25) is 0 Å². The summed E-state index contributed by atoms with van der Waals surface area (Å²) in [7, 11) is 1.72. The normalized spacial score (nSPS) is 12.5. The Morgan fingerprint density at radius 2 is 1.96 bits per heavy atom. The second-order valence-corrected chi connectivity index (χ2v) is 7.24. The second-order valence-electron chi connectivity index (χ2n) is 5.87. The van der Waals surface area contributed by atoms with Gasteiger partial charge in [0.05, 0.1) is 0 Å². The van der Waals surface area contributed by atoms with E-state index in [0.29, 0.717) is 13.2 Å². The van der Waals surface area contributed by atoms with Crippen LogP contribution >= 0.6 is 11.3 Å². The molecule has 0 saturated heterocycles. The Kier molecular flexibility index (Phi) is 8.25. The quantitative estimate of drug-likeness (QED) is 0.632. The van der Waals surface area contributed by atoms with Crippen molar-refractivity contribution >= 4 is 11.3 Å². The van der Waals surface area contributed by atoms with Crippen LogP contribution in [0, 0.1) is 6.92 Å². The first-order valence-corrected chi connectivity index (χ1v) is 9.11. The molecule has 0 fully saturated rings. The monoisotopic (exact) mass is 349 g/mol. The maximum atomic E-state index is 10.3. The molecule has 0 radical (unpaired) electrons. The van der Waals surface area contributed by atoms with Crippen molar-refractivity contribution in [1.29, 1.82) is 0 Å². The highest BCUT2D eigenvalue weighted by Gasteiger charge is 2.14. The summed E-state index contributed by atoms with van der Waals surface area (Å²) in [6.07, 6.45) is 0.432. The van der Waals surface area contributed by atoms with Gasteiger partial charge >= 0.3 is 0 Å². The highest BCUT2D eigenvalue weighted by molar-refractivity contribution is 7.11. The molecule has 1 N–H and O–H groups in total. The van der Waals surface area contributed by atoms with E-state index in [2.05, 4.69) is 24.0 Å². The van der Waals surface area contributed by atoms with E-state index in [-0.39, 0.29) is 0 Å². The molecule has 1 aromatic heterocycles. The van der Waals surface area contributed by atoms with E-state index >= 15 is 0 Å². The highest BCUT2D eigenvalue weighted by Crippen LogP contribution is 2.17. The van der Waals surface area contributed by atoms with Gasteiger partial charge in [0, 0.05) is 43.1 Å². The predicted molar refractivity (Wildman–Crippen MR) is 98.8 cm³/mol. The molecule has 0 bridgehead atoms. The van der Waals surface area contributed by atoms with Gasteiger partial charge in [0.1, 0.15) is 18.5 Å². The summed E-state index contributed by atoms with van der Waals surface area (Å²) in [4.78, 5) is 4.90. The number of benzene rings is 1. The van der Waals surface area contributed by atoms with Gasteiger partial charge in [-0.15, -0.1) is 11.3 Å². The summed E-state index contributed by atoms with van der Waals surface area (Å²) < 4.78 is 10.8. The number of hydrogen-bond acceptors (Lipinski definition) is 5. The molecule has 0 unspecified atom stereocenters. The van der Waals surface area contributed by atoms with E-state index in [4.69, 9.17) is 9.47 Å². The number of ether oxygens (including phenoxy) is 2. The first-order valence-electron chi connectivity index (χ1n) is 8.30. The number of nitrogens with zero attached hydrogens (tertiary/aromatic N) is 1. The highest BCUT2D eigenvalue weighted by atomic mass is 32.1. The third kappa shape index (κ3) is 7.01. The molecule has 5 heteroatoms. The SMILES string of the molecule is COCCCN(Cc1ccc(C)s1)C[C@H](O)COc1ccccc1. The van der Waals surface area contributed by atoms with E-state index in [9.17, 15) is 5.11 Å². The van der Waals surface area contributed by atoms with E-state index in [1.165, 1.54) is 9.75 Å².